The second kappa shape index (κ2) is 6.94. The number of phenolic OH excluding ortho intramolecular Hbond substituents is 1. The molecule has 0 aliphatic rings. The van der Waals surface area contributed by atoms with E-state index in [0.717, 1.165) is 30.5 Å². The molecule has 0 saturated heterocycles. The van der Waals surface area contributed by atoms with Crippen LogP contribution in [0.25, 0.3) is 0 Å². The van der Waals surface area contributed by atoms with Crippen molar-refractivity contribution in [3.05, 3.63) is 59.9 Å². The molecule has 0 bridgehead atoms. The van der Waals surface area contributed by atoms with Crippen LogP contribution in [0.3, 0.4) is 0 Å². The number of unbranched alkanes of at least 4 members (excludes halogenated alkanes) is 1. The molecule has 0 aliphatic heterocycles. The zero-order valence-corrected chi connectivity index (χ0v) is 11.6. The second-order valence-corrected chi connectivity index (χ2v) is 4.94. The maximum atomic E-state index is 13.0. The third kappa shape index (κ3) is 3.98. The van der Waals surface area contributed by atoms with Crippen molar-refractivity contribution in [2.24, 2.45) is 0 Å². The number of rotatable bonds is 6. The van der Waals surface area contributed by atoms with Crippen molar-refractivity contribution in [3.8, 4) is 5.75 Å². The van der Waals surface area contributed by atoms with Gasteiger partial charge in [-0.15, -0.1) is 0 Å². The Morgan fingerprint density at radius 3 is 2.30 bits per heavy atom. The highest BCUT2D eigenvalue weighted by atomic mass is 19.1. The molecule has 0 aromatic heterocycles. The van der Waals surface area contributed by atoms with E-state index >= 15 is 0 Å². The van der Waals surface area contributed by atoms with Gasteiger partial charge in [0.1, 0.15) is 11.6 Å². The van der Waals surface area contributed by atoms with Crippen molar-refractivity contribution in [2.75, 3.05) is 5.32 Å². The second-order valence-electron chi connectivity index (χ2n) is 4.94. The highest BCUT2D eigenvalue weighted by Crippen LogP contribution is 2.25. The predicted octanol–water partition coefficient (Wildman–Crippen LogP) is 4.87. The van der Waals surface area contributed by atoms with Crippen LogP contribution in [0, 0.1) is 5.82 Å². The molecule has 0 amide bonds. The minimum Gasteiger partial charge on any atom is -0.508 e. The van der Waals surface area contributed by atoms with Gasteiger partial charge in [0.25, 0.3) is 0 Å². The van der Waals surface area contributed by atoms with E-state index in [-0.39, 0.29) is 17.6 Å². The molecule has 3 heteroatoms. The van der Waals surface area contributed by atoms with Crippen LogP contribution in [-0.2, 0) is 0 Å². The van der Waals surface area contributed by atoms with Crippen molar-refractivity contribution in [3.63, 3.8) is 0 Å². The van der Waals surface area contributed by atoms with Gasteiger partial charge in [0, 0.05) is 5.69 Å². The predicted molar refractivity (Wildman–Crippen MR) is 80.4 cm³/mol. The Labute approximate surface area is 119 Å². The topological polar surface area (TPSA) is 32.3 Å². The summed E-state index contributed by atoms with van der Waals surface area (Å²) < 4.78 is 13.0. The van der Waals surface area contributed by atoms with Gasteiger partial charge < -0.3 is 10.4 Å². The first kappa shape index (κ1) is 14.4. The molecule has 0 fully saturated rings. The van der Waals surface area contributed by atoms with Crippen molar-refractivity contribution >= 4 is 5.69 Å². The minimum atomic E-state index is -0.215. The number of phenols is 1. The first-order chi connectivity index (χ1) is 9.69. The first-order valence-corrected chi connectivity index (χ1v) is 7.00. The van der Waals surface area contributed by atoms with Gasteiger partial charge in [-0.05, 0) is 48.4 Å². The van der Waals surface area contributed by atoms with Crippen molar-refractivity contribution < 1.29 is 9.50 Å². The number of aromatic hydroxyl groups is 1. The average Bonchev–Trinajstić information content (AvgIpc) is 2.46. The zero-order chi connectivity index (χ0) is 14.4. The van der Waals surface area contributed by atoms with Gasteiger partial charge in [-0.25, -0.2) is 4.39 Å². The van der Waals surface area contributed by atoms with E-state index in [2.05, 4.69) is 12.2 Å². The molecule has 20 heavy (non-hydrogen) atoms. The van der Waals surface area contributed by atoms with Crippen molar-refractivity contribution in [2.45, 2.75) is 32.2 Å². The molecule has 0 radical (unpaired) electrons. The van der Waals surface area contributed by atoms with E-state index in [9.17, 15) is 9.50 Å². The van der Waals surface area contributed by atoms with Crippen LogP contribution in [0.15, 0.2) is 48.5 Å². The lowest BCUT2D eigenvalue weighted by Crippen LogP contribution is -2.10. The summed E-state index contributed by atoms with van der Waals surface area (Å²) in [5.74, 6) is 0.0371. The zero-order valence-electron chi connectivity index (χ0n) is 11.6. The largest absolute Gasteiger partial charge is 0.508 e. The summed E-state index contributed by atoms with van der Waals surface area (Å²) in [5, 5.41) is 12.8. The Balaban J connectivity index is 2.14. The number of benzene rings is 2. The van der Waals surface area contributed by atoms with Gasteiger partial charge in [0.15, 0.2) is 0 Å². The highest BCUT2D eigenvalue weighted by Gasteiger charge is 2.11. The maximum absolute atomic E-state index is 13.0. The van der Waals surface area contributed by atoms with E-state index in [0.29, 0.717) is 0 Å². The molecule has 0 heterocycles. The van der Waals surface area contributed by atoms with Crippen molar-refractivity contribution in [1.29, 1.82) is 0 Å². The van der Waals surface area contributed by atoms with Crippen LogP contribution in [0.1, 0.15) is 37.8 Å². The van der Waals surface area contributed by atoms with Crippen LogP contribution in [0.5, 0.6) is 5.75 Å². The minimum absolute atomic E-state index is 0.153. The fourth-order valence-corrected chi connectivity index (χ4v) is 2.18. The number of nitrogens with one attached hydrogen (secondary N) is 1. The van der Waals surface area contributed by atoms with Gasteiger partial charge in [0.05, 0.1) is 6.04 Å². The van der Waals surface area contributed by atoms with Crippen LogP contribution in [0.4, 0.5) is 10.1 Å². The molecule has 0 spiro atoms. The summed E-state index contributed by atoms with van der Waals surface area (Å²) in [6.07, 6.45) is 3.21. The smallest absolute Gasteiger partial charge is 0.123 e. The van der Waals surface area contributed by atoms with Crippen LogP contribution in [0.2, 0.25) is 0 Å². The van der Waals surface area contributed by atoms with E-state index in [1.54, 1.807) is 12.1 Å². The molecule has 2 rings (SSSR count). The monoisotopic (exact) mass is 273 g/mol. The van der Waals surface area contributed by atoms with E-state index < -0.39 is 0 Å². The van der Waals surface area contributed by atoms with Crippen LogP contribution in [-0.4, -0.2) is 5.11 Å². The molecule has 0 aliphatic carbocycles. The number of hydrogen-bond acceptors (Lipinski definition) is 2. The van der Waals surface area contributed by atoms with Gasteiger partial charge in [-0.1, -0.05) is 31.9 Å². The third-order valence-electron chi connectivity index (χ3n) is 3.33. The quantitative estimate of drug-likeness (QED) is 0.735. The summed E-state index contributed by atoms with van der Waals surface area (Å²) in [7, 11) is 0. The normalized spacial score (nSPS) is 12.1. The van der Waals surface area contributed by atoms with Gasteiger partial charge in [-0.2, -0.15) is 0 Å². The molecule has 2 N–H and O–H groups in total. The molecule has 1 atom stereocenters. The standard InChI is InChI=1S/C17H20FNO/c1-2-3-4-17(13-5-7-14(18)8-6-13)19-15-9-11-16(20)12-10-15/h5-12,17,19-20H,2-4H2,1H3. The Bertz CT molecular complexity index is 522. The van der Waals surface area contributed by atoms with Gasteiger partial charge >= 0.3 is 0 Å². The van der Waals surface area contributed by atoms with Crippen molar-refractivity contribution in [1.82, 2.24) is 0 Å². The Kier molecular flexibility index (Phi) is 4.99. The fraction of sp³-hybridized carbons (Fsp3) is 0.294. The van der Waals surface area contributed by atoms with E-state index in [1.165, 1.54) is 12.1 Å². The highest BCUT2D eigenvalue weighted by molar-refractivity contribution is 5.48. The van der Waals surface area contributed by atoms with Gasteiger partial charge in [0.2, 0.25) is 0 Å². The number of halogens is 1. The molecular formula is C17H20FNO. The number of hydrogen-bond donors (Lipinski definition) is 2. The summed E-state index contributed by atoms with van der Waals surface area (Å²) in [4.78, 5) is 0. The summed E-state index contributed by atoms with van der Waals surface area (Å²) in [6, 6.07) is 13.8. The molecule has 106 valence electrons. The average molecular weight is 273 g/mol. The molecule has 2 nitrogen and oxygen atoms in total. The maximum Gasteiger partial charge on any atom is 0.123 e. The van der Waals surface area contributed by atoms with E-state index in [4.69, 9.17) is 0 Å². The van der Waals surface area contributed by atoms with Crippen LogP contribution >= 0.6 is 0 Å². The molecule has 2 aromatic carbocycles. The lowest BCUT2D eigenvalue weighted by molar-refractivity contribution is 0.475. The van der Waals surface area contributed by atoms with E-state index in [1.807, 2.05) is 24.3 Å². The molecule has 1 unspecified atom stereocenters. The third-order valence-corrected chi connectivity index (χ3v) is 3.33. The van der Waals surface area contributed by atoms with Gasteiger partial charge in [-0.3, -0.25) is 0 Å². The van der Waals surface area contributed by atoms with Crippen LogP contribution < -0.4 is 5.32 Å². The Morgan fingerprint density at radius 1 is 1.05 bits per heavy atom. The lowest BCUT2D eigenvalue weighted by atomic mass is 10.0. The SMILES string of the molecule is CCCCC(Nc1ccc(O)cc1)c1ccc(F)cc1. The first-order valence-electron chi connectivity index (χ1n) is 7.00. The summed E-state index contributed by atoms with van der Waals surface area (Å²) in [6.45, 7) is 2.16. The fourth-order valence-electron chi connectivity index (χ4n) is 2.18. The lowest BCUT2D eigenvalue weighted by Gasteiger charge is -2.20. The summed E-state index contributed by atoms with van der Waals surface area (Å²) >= 11 is 0. The molecule has 2 aromatic rings. The molecular weight excluding hydrogens is 253 g/mol. The Hall–Kier alpha value is -2.03. The number of anilines is 1. The summed E-state index contributed by atoms with van der Waals surface area (Å²) in [5.41, 5.74) is 2.03. The Morgan fingerprint density at radius 2 is 1.70 bits per heavy atom. The molecule has 0 saturated carbocycles.